The van der Waals surface area contributed by atoms with Crippen molar-refractivity contribution >= 4 is 10.0 Å². The molecule has 1 aliphatic heterocycles. The number of rotatable bonds is 4. The zero-order chi connectivity index (χ0) is 18.0. The molecule has 0 bridgehead atoms. The fourth-order valence-electron chi connectivity index (χ4n) is 3.60. The van der Waals surface area contributed by atoms with Crippen LogP contribution < -0.4 is 0 Å². The van der Waals surface area contributed by atoms with Crippen LogP contribution in [0.1, 0.15) is 22.7 Å². The predicted molar refractivity (Wildman–Crippen MR) is 101 cm³/mol. The van der Waals surface area contributed by atoms with E-state index in [-0.39, 0.29) is 6.04 Å². The van der Waals surface area contributed by atoms with Gasteiger partial charge in [0.2, 0.25) is 10.0 Å². The van der Waals surface area contributed by atoms with Gasteiger partial charge in [0, 0.05) is 18.9 Å². The van der Waals surface area contributed by atoms with Gasteiger partial charge in [0.15, 0.2) is 0 Å². The number of hydrogen-bond donors (Lipinski definition) is 0. The Labute approximate surface area is 154 Å². The average molecular weight is 364 g/mol. The van der Waals surface area contributed by atoms with E-state index in [9.17, 15) is 8.42 Å². The van der Waals surface area contributed by atoms with E-state index in [1.165, 1.54) is 5.56 Å². The van der Waals surface area contributed by atoms with Gasteiger partial charge in [-0.1, -0.05) is 42.5 Å². The van der Waals surface area contributed by atoms with E-state index in [1.807, 2.05) is 36.4 Å². The summed E-state index contributed by atoms with van der Waals surface area (Å²) in [6.45, 7) is 0.490. The van der Waals surface area contributed by atoms with Gasteiger partial charge in [0.1, 0.15) is 0 Å². The zero-order valence-corrected chi connectivity index (χ0v) is 15.1. The van der Waals surface area contributed by atoms with Gasteiger partial charge >= 0.3 is 0 Å². The third-order valence-corrected chi connectivity index (χ3v) is 6.81. The van der Waals surface area contributed by atoms with E-state index in [2.05, 4.69) is 11.1 Å². The van der Waals surface area contributed by atoms with Gasteiger partial charge in [-0.05, 0) is 53.8 Å². The third kappa shape index (κ3) is 3.16. The molecule has 0 spiro atoms. The molecule has 2 aromatic carbocycles. The van der Waals surface area contributed by atoms with Crippen LogP contribution in [0.15, 0.2) is 84.0 Å². The normalized spacial score (nSPS) is 17.6. The van der Waals surface area contributed by atoms with Crippen LogP contribution in [0.3, 0.4) is 0 Å². The highest BCUT2D eigenvalue weighted by Gasteiger charge is 2.36. The van der Waals surface area contributed by atoms with Crippen LogP contribution in [-0.4, -0.2) is 24.3 Å². The molecule has 0 N–H and O–H groups in total. The second-order valence-corrected chi connectivity index (χ2v) is 8.34. The van der Waals surface area contributed by atoms with Crippen molar-refractivity contribution in [3.05, 3.63) is 95.8 Å². The molecule has 0 saturated carbocycles. The summed E-state index contributed by atoms with van der Waals surface area (Å²) in [6, 6.07) is 20.5. The van der Waals surface area contributed by atoms with Crippen LogP contribution in [0.5, 0.6) is 0 Å². The van der Waals surface area contributed by atoms with Crippen LogP contribution in [0.4, 0.5) is 0 Å². The van der Waals surface area contributed by atoms with E-state index in [1.54, 1.807) is 41.0 Å². The monoisotopic (exact) mass is 364 g/mol. The van der Waals surface area contributed by atoms with Crippen molar-refractivity contribution in [1.29, 1.82) is 0 Å². The second kappa shape index (κ2) is 7.02. The zero-order valence-electron chi connectivity index (χ0n) is 14.3. The van der Waals surface area contributed by atoms with E-state index in [0.29, 0.717) is 17.9 Å². The first-order valence-corrected chi connectivity index (χ1v) is 10.1. The first-order valence-electron chi connectivity index (χ1n) is 8.70. The second-order valence-electron chi connectivity index (χ2n) is 6.45. The number of aromatic nitrogens is 1. The van der Waals surface area contributed by atoms with Crippen molar-refractivity contribution in [2.24, 2.45) is 0 Å². The van der Waals surface area contributed by atoms with Gasteiger partial charge < -0.3 is 0 Å². The molecule has 1 aliphatic rings. The lowest BCUT2D eigenvalue weighted by Gasteiger charge is -2.36. The summed E-state index contributed by atoms with van der Waals surface area (Å²) in [5, 5.41) is 0. The maximum absolute atomic E-state index is 13.3. The lowest BCUT2D eigenvalue weighted by molar-refractivity contribution is 0.306. The van der Waals surface area contributed by atoms with Crippen molar-refractivity contribution in [2.45, 2.75) is 23.8 Å². The largest absolute Gasteiger partial charge is 0.265 e. The molecule has 0 aliphatic carbocycles. The first kappa shape index (κ1) is 16.9. The molecule has 26 heavy (non-hydrogen) atoms. The van der Waals surface area contributed by atoms with Gasteiger partial charge in [0.05, 0.1) is 10.9 Å². The molecule has 0 radical (unpaired) electrons. The van der Waals surface area contributed by atoms with E-state index >= 15 is 0 Å². The van der Waals surface area contributed by atoms with Gasteiger partial charge in [-0.2, -0.15) is 4.31 Å². The summed E-state index contributed by atoms with van der Waals surface area (Å²) in [5.74, 6) is 0. The van der Waals surface area contributed by atoms with Crippen LogP contribution in [0.25, 0.3) is 0 Å². The van der Waals surface area contributed by atoms with Gasteiger partial charge in [-0.25, -0.2) is 8.42 Å². The van der Waals surface area contributed by atoms with Gasteiger partial charge in [-0.3, -0.25) is 4.98 Å². The Bertz CT molecular complexity index is 989. The summed E-state index contributed by atoms with van der Waals surface area (Å²) >= 11 is 0. The lowest BCUT2D eigenvalue weighted by Crippen LogP contribution is -2.41. The Kier molecular flexibility index (Phi) is 4.57. The standard InChI is InChI=1S/C21H20N2O2S/c24-26(25,19-7-2-1-3-8-19)23-15-12-18-6-4-5-9-20(18)21(23)16-17-10-13-22-14-11-17/h1-11,13-14,21H,12,15-16H2. The topological polar surface area (TPSA) is 50.3 Å². The van der Waals surface area contributed by atoms with Crippen molar-refractivity contribution in [2.75, 3.05) is 6.54 Å². The molecular weight excluding hydrogens is 344 g/mol. The molecule has 4 rings (SSSR count). The molecular formula is C21H20N2O2S. The van der Waals surface area contributed by atoms with Crippen molar-refractivity contribution in [3.8, 4) is 0 Å². The number of nitrogens with zero attached hydrogens (tertiary/aromatic N) is 2. The summed E-state index contributed by atoms with van der Waals surface area (Å²) in [7, 11) is -3.56. The van der Waals surface area contributed by atoms with Crippen LogP contribution >= 0.6 is 0 Å². The Hall–Kier alpha value is -2.50. The fourth-order valence-corrected chi connectivity index (χ4v) is 5.22. The molecule has 4 nitrogen and oxygen atoms in total. The van der Waals surface area contributed by atoms with Crippen LogP contribution in [0, 0.1) is 0 Å². The van der Waals surface area contributed by atoms with Crippen LogP contribution in [0.2, 0.25) is 0 Å². The maximum atomic E-state index is 13.3. The van der Waals surface area contributed by atoms with Crippen molar-refractivity contribution in [1.82, 2.24) is 9.29 Å². The first-order chi connectivity index (χ1) is 12.7. The van der Waals surface area contributed by atoms with E-state index in [0.717, 1.165) is 17.5 Å². The van der Waals surface area contributed by atoms with Crippen molar-refractivity contribution in [3.63, 3.8) is 0 Å². The molecule has 1 aromatic heterocycles. The van der Waals surface area contributed by atoms with E-state index < -0.39 is 10.0 Å². The number of sulfonamides is 1. The van der Waals surface area contributed by atoms with Crippen LogP contribution in [-0.2, 0) is 22.9 Å². The summed E-state index contributed by atoms with van der Waals surface area (Å²) in [4.78, 5) is 4.41. The van der Waals surface area contributed by atoms with Crippen molar-refractivity contribution < 1.29 is 8.42 Å². The maximum Gasteiger partial charge on any atom is 0.243 e. The molecule has 1 unspecified atom stereocenters. The summed E-state index contributed by atoms with van der Waals surface area (Å²) < 4.78 is 28.3. The number of hydrogen-bond acceptors (Lipinski definition) is 3. The highest BCUT2D eigenvalue weighted by atomic mass is 32.2. The van der Waals surface area contributed by atoms with E-state index in [4.69, 9.17) is 0 Å². The SMILES string of the molecule is O=S(=O)(c1ccccc1)N1CCc2ccccc2C1Cc1ccncc1. The minimum absolute atomic E-state index is 0.215. The molecule has 0 fully saturated rings. The molecule has 1 atom stereocenters. The number of benzene rings is 2. The number of pyridine rings is 1. The third-order valence-electron chi connectivity index (χ3n) is 4.89. The minimum Gasteiger partial charge on any atom is -0.265 e. The average Bonchev–Trinajstić information content (AvgIpc) is 2.69. The molecule has 0 saturated heterocycles. The minimum atomic E-state index is -3.56. The highest BCUT2D eigenvalue weighted by Crippen LogP contribution is 2.36. The molecule has 2 heterocycles. The predicted octanol–water partition coefficient (Wildman–Crippen LogP) is 3.61. The van der Waals surface area contributed by atoms with Gasteiger partial charge in [0.25, 0.3) is 0 Å². The quantitative estimate of drug-likeness (QED) is 0.711. The molecule has 3 aromatic rings. The Balaban J connectivity index is 1.78. The molecule has 5 heteroatoms. The van der Waals surface area contributed by atoms with Gasteiger partial charge in [-0.15, -0.1) is 0 Å². The fraction of sp³-hybridized carbons (Fsp3) is 0.190. The number of fused-ring (bicyclic) bond motifs is 1. The highest BCUT2D eigenvalue weighted by molar-refractivity contribution is 7.89. The summed E-state index contributed by atoms with van der Waals surface area (Å²) in [5.41, 5.74) is 3.40. The lowest BCUT2D eigenvalue weighted by atomic mass is 9.90. The molecule has 0 amide bonds. The Morgan fingerprint density at radius 2 is 1.62 bits per heavy atom. The Morgan fingerprint density at radius 1 is 0.923 bits per heavy atom. The Morgan fingerprint density at radius 3 is 2.38 bits per heavy atom. The summed E-state index contributed by atoms with van der Waals surface area (Å²) in [6.07, 6.45) is 4.86. The smallest absolute Gasteiger partial charge is 0.243 e. The molecule has 132 valence electrons.